The number of hydrogen-bond acceptors (Lipinski definition) is 5. The van der Waals surface area contributed by atoms with E-state index in [2.05, 4.69) is 4.98 Å². The van der Waals surface area contributed by atoms with Gasteiger partial charge in [-0.1, -0.05) is 0 Å². The van der Waals surface area contributed by atoms with Gasteiger partial charge in [-0.05, 0) is 19.4 Å². The molecule has 18 heavy (non-hydrogen) atoms. The molecule has 1 aromatic heterocycles. The molecule has 0 fully saturated rings. The molecule has 0 saturated heterocycles. The third kappa shape index (κ3) is 4.48. The summed E-state index contributed by atoms with van der Waals surface area (Å²) in [5, 5.41) is 0. The lowest BCUT2D eigenvalue weighted by Crippen LogP contribution is -2.26. The van der Waals surface area contributed by atoms with E-state index < -0.39 is 11.7 Å². The van der Waals surface area contributed by atoms with Crippen molar-refractivity contribution in [2.45, 2.75) is 33.2 Å². The van der Waals surface area contributed by atoms with E-state index in [4.69, 9.17) is 4.74 Å². The van der Waals surface area contributed by atoms with E-state index in [1.54, 1.807) is 20.0 Å². The number of hydrogen-bond donors (Lipinski definition) is 0. The highest BCUT2D eigenvalue weighted by Gasteiger charge is 2.09. The maximum absolute atomic E-state index is 11.6. The molecule has 1 rings (SSSR count). The van der Waals surface area contributed by atoms with Crippen molar-refractivity contribution < 1.29 is 14.3 Å². The van der Waals surface area contributed by atoms with E-state index >= 15 is 0 Å². The number of esters is 1. The maximum Gasteiger partial charge on any atom is 0.347 e. The van der Waals surface area contributed by atoms with Crippen LogP contribution in [0.1, 0.15) is 25.3 Å². The number of aryl methyl sites for hydroxylation is 1. The van der Waals surface area contributed by atoms with Crippen molar-refractivity contribution >= 4 is 11.8 Å². The Bertz CT molecular complexity index is 493. The van der Waals surface area contributed by atoms with E-state index in [1.807, 2.05) is 0 Å². The number of aromatic nitrogens is 2. The van der Waals surface area contributed by atoms with Gasteiger partial charge in [0.1, 0.15) is 0 Å². The van der Waals surface area contributed by atoms with Crippen LogP contribution in [0.4, 0.5) is 0 Å². The van der Waals surface area contributed by atoms with Crippen LogP contribution in [-0.4, -0.2) is 27.9 Å². The van der Waals surface area contributed by atoms with Gasteiger partial charge in [0.05, 0.1) is 19.6 Å². The molecule has 0 aromatic carbocycles. The van der Waals surface area contributed by atoms with Crippen LogP contribution in [0, 0.1) is 6.92 Å². The molecule has 0 saturated carbocycles. The molecule has 1 heterocycles. The topological polar surface area (TPSA) is 78.3 Å². The number of ether oxygens (including phenoxy) is 1. The summed E-state index contributed by atoms with van der Waals surface area (Å²) in [4.78, 5) is 37.6. The fourth-order valence-electron chi connectivity index (χ4n) is 1.42. The molecule has 0 unspecified atom stereocenters. The van der Waals surface area contributed by atoms with Crippen LogP contribution >= 0.6 is 0 Å². The normalized spacial score (nSPS) is 10.1. The first-order valence-electron chi connectivity index (χ1n) is 5.73. The summed E-state index contributed by atoms with van der Waals surface area (Å²) in [7, 11) is 0. The Kier molecular flexibility index (Phi) is 5.23. The molecule has 0 atom stereocenters. The van der Waals surface area contributed by atoms with Gasteiger partial charge in [-0.3, -0.25) is 14.2 Å². The maximum atomic E-state index is 11.6. The molecule has 0 amide bonds. The zero-order valence-corrected chi connectivity index (χ0v) is 10.5. The molecule has 0 bridgehead atoms. The second kappa shape index (κ2) is 6.68. The Morgan fingerprint density at radius 2 is 2.11 bits per heavy atom. The van der Waals surface area contributed by atoms with E-state index in [-0.39, 0.29) is 25.2 Å². The molecule has 0 aliphatic rings. The first-order chi connectivity index (χ1) is 8.52. The Balaban J connectivity index is 2.52. The summed E-state index contributed by atoms with van der Waals surface area (Å²) in [6.07, 6.45) is 3.12. The van der Waals surface area contributed by atoms with E-state index in [0.717, 1.165) is 5.56 Å². The van der Waals surface area contributed by atoms with Crippen molar-refractivity contribution in [1.82, 2.24) is 9.55 Å². The molecular weight excluding hydrogens is 236 g/mol. The first-order valence-corrected chi connectivity index (χ1v) is 5.73. The van der Waals surface area contributed by atoms with Crippen molar-refractivity contribution in [1.29, 1.82) is 0 Å². The molecule has 98 valence electrons. The van der Waals surface area contributed by atoms with Crippen LogP contribution in [0.5, 0.6) is 0 Å². The highest BCUT2D eigenvalue weighted by molar-refractivity contribution is 5.82. The average Bonchev–Trinajstić information content (AvgIpc) is 2.32. The monoisotopic (exact) mass is 252 g/mol. The zero-order valence-electron chi connectivity index (χ0n) is 10.5. The van der Waals surface area contributed by atoms with E-state index in [0.29, 0.717) is 6.61 Å². The number of Topliss-reactive ketones (excluding diaryl/α,β-unsaturated/α-hetero) is 1. The fraction of sp³-hybridized carbons (Fsp3) is 0.500. The van der Waals surface area contributed by atoms with Crippen LogP contribution in [0.3, 0.4) is 0 Å². The molecule has 0 aliphatic heterocycles. The third-order valence-corrected chi connectivity index (χ3v) is 2.24. The van der Waals surface area contributed by atoms with Gasteiger partial charge >= 0.3 is 11.7 Å². The predicted octanol–water partition coefficient (Wildman–Crippen LogP) is 0.464. The first kappa shape index (κ1) is 14.1. The molecule has 0 N–H and O–H groups in total. The number of carbonyl (C=O) groups excluding carboxylic acids is 2. The van der Waals surface area contributed by atoms with Crippen molar-refractivity contribution in [3.63, 3.8) is 0 Å². The van der Waals surface area contributed by atoms with Gasteiger partial charge in [-0.2, -0.15) is 0 Å². The second-order valence-corrected chi connectivity index (χ2v) is 3.89. The lowest BCUT2D eigenvalue weighted by atomic mass is 10.2. The lowest BCUT2D eigenvalue weighted by Gasteiger charge is -2.05. The Morgan fingerprint density at radius 3 is 2.78 bits per heavy atom. The van der Waals surface area contributed by atoms with Crippen molar-refractivity contribution in [2.24, 2.45) is 0 Å². The van der Waals surface area contributed by atoms with E-state index in [9.17, 15) is 14.4 Å². The predicted molar refractivity (Wildman–Crippen MR) is 64.1 cm³/mol. The summed E-state index contributed by atoms with van der Waals surface area (Å²) in [6, 6.07) is 0. The number of ketones is 1. The van der Waals surface area contributed by atoms with Gasteiger partial charge in [0.15, 0.2) is 5.78 Å². The van der Waals surface area contributed by atoms with Crippen LogP contribution in [0.15, 0.2) is 17.2 Å². The standard InChI is InChI=1S/C12H16N2O4/c1-3-18-11(16)5-4-10(15)8-14-7-9(2)6-13-12(14)17/h6-7H,3-5,8H2,1-2H3. The lowest BCUT2D eigenvalue weighted by molar-refractivity contribution is -0.144. The van der Waals surface area contributed by atoms with Gasteiger partial charge in [0.25, 0.3) is 0 Å². The Morgan fingerprint density at radius 1 is 1.39 bits per heavy atom. The second-order valence-electron chi connectivity index (χ2n) is 3.89. The van der Waals surface area contributed by atoms with Gasteiger partial charge in [0.2, 0.25) is 0 Å². The highest BCUT2D eigenvalue weighted by Crippen LogP contribution is 1.97. The smallest absolute Gasteiger partial charge is 0.347 e. The van der Waals surface area contributed by atoms with Crippen LogP contribution in [-0.2, 0) is 20.9 Å². The summed E-state index contributed by atoms with van der Waals surface area (Å²) in [5.41, 5.74) is 0.331. The minimum Gasteiger partial charge on any atom is -0.466 e. The molecule has 1 aromatic rings. The SMILES string of the molecule is CCOC(=O)CCC(=O)Cn1cc(C)cnc1=O. The average molecular weight is 252 g/mol. The van der Waals surface area contributed by atoms with Crippen LogP contribution < -0.4 is 5.69 Å². The summed E-state index contributed by atoms with van der Waals surface area (Å²) < 4.78 is 5.95. The molecule has 0 aliphatic carbocycles. The Labute approximate surface area is 105 Å². The summed E-state index contributed by atoms with van der Waals surface area (Å²) in [5.74, 6) is -0.599. The number of carbonyl (C=O) groups is 2. The third-order valence-electron chi connectivity index (χ3n) is 2.24. The quantitative estimate of drug-likeness (QED) is 0.687. The fourth-order valence-corrected chi connectivity index (χ4v) is 1.42. The van der Waals surface area contributed by atoms with Gasteiger partial charge in [0, 0.05) is 18.8 Å². The van der Waals surface area contributed by atoms with Crippen LogP contribution in [0.25, 0.3) is 0 Å². The van der Waals surface area contributed by atoms with Crippen molar-refractivity contribution in [3.05, 3.63) is 28.4 Å². The number of rotatable bonds is 6. The molecule has 6 nitrogen and oxygen atoms in total. The van der Waals surface area contributed by atoms with Gasteiger partial charge in [-0.15, -0.1) is 0 Å². The molecule has 0 radical (unpaired) electrons. The number of nitrogens with zero attached hydrogens (tertiary/aromatic N) is 2. The highest BCUT2D eigenvalue weighted by atomic mass is 16.5. The van der Waals surface area contributed by atoms with Crippen molar-refractivity contribution in [3.8, 4) is 0 Å². The summed E-state index contributed by atoms with van der Waals surface area (Å²) in [6.45, 7) is 3.73. The largest absolute Gasteiger partial charge is 0.466 e. The minimum atomic E-state index is -0.468. The molecular formula is C12H16N2O4. The zero-order chi connectivity index (χ0) is 13.5. The molecule has 6 heteroatoms. The van der Waals surface area contributed by atoms with Crippen LogP contribution in [0.2, 0.25) is 0 Å². The van der Waals surface area contributed by atoms with E-state index in [1.165, 1.54) is 10.8 Å². The van der Waals surface area contributed by atoms with Crippen molar-refractivity contribution in [2.75, 3.05) is 6.61 Å². The summed E-state index contributed by atoms with van der Waals surface area (Å²) >= 11 is 0. The van der Waals surface area contributed by atoms with Gasteiger partial charge < -0.3 is 4.74 Å². The molecule has 0 spiro atoms. The Hall–Kier alpha value is -1.98. The van der Waals surface area contributed by atoms with Gasteiger partial charge in [-0.25, -0.2) is 9.78 Å². The minimum absolute atomic E-state index is 0.0423.